The molecule has 1 aliphatic carbocycles. The predicted molar refractivity (Wildman–Crippen MR) is 140 cm³/mol. The Labute approximate surface area is 205 Å². The monoisotopic (exact) mass is 465 g/mol. The highest BCUT2D eigenvalue weighted by molar-refractivity contribution is 5.89. The van der Waals surface area contributed by atoms with Crippen LogP contribution in [-0.2, 0) is 4.79 Å². The fourth-order valence-corrected chi connectivity index (χ4v) is 6.81. The molecule has 6 heteroatoms. The molecule has 1 aromatic carbocycles. The van der Waals surface area contributed by atoms with Crippen molar-refractivity contribution in [3.05, 3.63) is 24.3 Å². The quantitative estimate of drug-likeness (QED) is 0.397. The van der Waals surface area contributed by atoms with Crippen LogP contribution in [0.2, 0.25) is 0 Å². The van der Waals surface area contributed by atoms with Gasteiger partial charge in [-0.3, -0.25) is 4.79 Å². The van der Waals surface area contributed by atoms with E-state index in [0.29, 0.717) is 0 Å². The summed E-state index contributed by atoms with van der Waals surface area (Å²) in [5.74, 6) is 2.57. The molecule has 0 aromatic heterocycles. The van der Waals surface area contributed by atoms with Gasteiger partial charge in [-0.15, -0.1) is 0 Å². The third-order valence-electron chi connectivity index (χ3n) is 8.89. The number of rotatable bonds is 5. The number of carbonyl (C=O) groups excluding carboxylic acids is 1. The molecule has 6 nitrogen and oxygen atoms in total. The summed E-state index contributed by atoms with van der Waals surface area (Å²) in [5.41, 5.74) is 1.88. The second-order valence-electron chi connectivity index (χ2n) is 11.0. The Balaban J connectivity index is 1.25. The molecule has 3 aliphatic heterocycles. The third kappa shape index (κ3) is 5.33. The van der Waals surface area contributed by atoms with Gasteiger partial charge in [-0.05, 0) is 56.6 Å². The summed E-state index contributed by atoms with van der Waals surface area (Å²) in [4.78, 5) is 24.5. The number of likely N-dealkylation sites (tertiary alicyclic amines) is 2. The largest absolute Gasteiger partial charge is 0.360 e. The lowest BCUT2D eigenvalue weighted by Gasteiger charge is -2.41. The third-order valence-corrected chi connectivity index (χ3v) is 8.89. The summed E-state index contributed by atoms with van der Waals surface area (Å²) >= 11 is 0. The predicted octanol–water partition coefficient (Wildman–Crippen LogP) is 4.43. The molecule has 2 unspecified atom stereocenters. The van der Waals surface area contributed by atoms with Crippen LogP contribution < -0.4 is 10.2 Å². The van der Waals surface area contributed by atoms with Gasteiger partial charge in [0.15, 0.2) is 0 Å². The van der Waals surface area contributed by atoms with Crippen molar-refractivity contribution in [1.82, 2.24) is 15.1 Å². The van der Waals surface area contributed by atoms with Crippen LogP contribution in [0, 0.1) is 11.8 Å². The van der Waals surface area contributed by atoms with Gasteiger partial charge in [0, 0.05) is 51.4 Å². The molecule has 1 N–H and O–H groups in total. The summed E-state index contributed by atoms with van der Waals surface area (Å²) < 4.78 is 0. The number of amidine groups is 1. The van der Waals surface area contributed by atoms with Crippen LogP contribution in [0.5, 0.6) is 0 Å². The number of fused-ring (bicyclic) bond motifs is 1. The number of hydrogen-bond acceptors (Lipinski definition) is 4. The van der Waals surface area contributed by atoms with Gasteiger partial charge < -0.3 is 20.0 Å². The van der Waals surface area contributed by atoms with Gasteiger partial charge in [0.2, 0.25) is 6.41 Å². The van der Waals surface area contributed by atoms with Crippen molar-refractivity contribution in [3.8, 4) is 0 Å². The average Bonchev–Trinajstić information content (AvgIpc) is 3.44. The maximum atomic E-state index is 12.3. The van der Waals surface area contributed by atoms with E-state index in [2.05, 4.69) is 34.2 Å². The van der Waals surface area contributed by atoms with E-state index in [4.69, 9.17) is 4.99 Å². The number of para-hydroxylation sites is 2. The fourth-order valence-electron chi connectivity index (χ4n) is 6.81. The first-order valence-corrected chi connectivity index (χ1v) is 13.8. The zero-order chi connectivity index (χ0) is 23.3. The zero-order valence-corrected chi connectivity index (χ0v) is 21.0. The number of benzene rings is 1. The van der Waals surface area contributed by atoms with Crippen molar-refractivity contribution in [2.24, 2.45) is 16.8 Å². The number of piperidine rings is 1. The number of anilines is 1. The molecule has 0 spiro atoms. The minimum Gasteiger partial charge on any atom is -0.360 e. The molecule has 0 radical (unpaired) electrons. The van der Waals surface area contributed by atoms with Crippen LogP contribution in [0.4, 0.5) is 11.4 Å². The lowest BCUT2D eigenvalue weighted by atomic mass is 9.93. The lowest BCUT2D eigenvalue weighted by molar-refractivity contribution is -0.108. The van der Waals surface area contributed by atoms with Crippen molar-refractivity contribution in [1.29, 1.82) is 0 Å². The Morgan fingerprint density at radius 3 is 2.29 bits per heavy atom. The number of nitrogens with zero attached hydrogens (tertiary/aromatic N) is 4. The summed E-state index contributed by atoms with van der Waals surface area (Å²) in [6.45, 7) is 8.78. The molecule has 3 heterocycles. The first-order chi connectivity index (χ1) is 16.7. The number of nitrogens with one attached hydrogen (secondary N) is 1. The summed E-state index contributed by atoms with van der Waals surface area (Å²) in [5, 5.41) is 3.52. The van der Waals surface area contributed by atoms with Gasteiger partial charge in [-0.1, -0.05) is 44.2 Å². The summed E-state index contributed by atoms with van der Waals surface area (Å²) in [6, 6.07) is 9.23. The molecule has 5 rings (SSSR count). The standard InChI is InChI=1S/C28H43N5O/c1-22(32-19-23-17-29-18-24(23)20-32)30-27-11-7-8-12-28(27)33(21-34)26-13-15-31(16-14-26)25-9-5-3-2-4-6-10-25/h7-8,11-12,21,23-26,29H,2-6,9-10,13-20H2,1H3. The zero-order valence-electron chi connectivity index (χ0n) is 21.0. The summed E-state index contributed by atoms with van der Waals surface area (Å²) in [6.07, 6.45) is 12.8. The van der Waals surface area contributed by atoms with Crippen molar-refractivity contribution in [3.63, 3.8) is 0 Å². The van der Waals surface area contributed by atoms with Gasteiger partial charge in [-0.2, -0.15) is 0 Å². The van der Waals surface area contributed by atoms with Crippen molar-refractivity contribution in [2.75, 3.05) is 44.2 Å². The van der Waals surface area contributed by atoms with Crippen LogP contribution in [0.25, 0.3) is 0 Å². The van der Waals surface area contributed by atoms with Gasteiger partial charge in [0.1, 0.15) is 5.84 Å². The maximum Gasteiger partial charge on any atom is 0.214 e. The lowest BCUT2D eigenvalue weighted by Crippen LogP contribution is -2.48. The van der Waals surface area contributed by atoms with E-state index < -0.39 is 0 Å². The van der Waals surface area contributed by atoms with E-state index in [1.54, 1.807) is 0 Å². The summed E-state index contributed by atoms with van der Waals surface area (Å²) in [7, 11) is 0. The number of hydrogen-bond donors (Lipinski definition) is 1. The molecule has 4 fully saturated rings. The second-order valence-corrected chi connectivity index (χ2v) is 11.0. The highest BCUT2D eigenvalue weighted by Gasteiger charge is 2.36. The molecule has 0 bridgehead atoms. The first kappa shape index (κ1) is 23.8. The van der Waals surface area contributed by atoms with E-state index in [1.807, 2.05) is 17.0 Å². The molecule has 1 amide bonds. The fraction of sp³-hybridized carbons (Fsp3) is 0.714. The van der Waals surface area contributed by atoms with Gasteiger partial charge >= 0.3 is 0 Å². The molecule has 34 heavy (non-hydrogen) atoms. The highest BCUT2D eigenvalue weighted by Crippen LogP contribution is 2.34. The van der Waals surface area contributed by atoms with E-state index in [9.17, 15) is 4.79 Å². The van der Waals surface area contributed by atoms with E-state index in [0.717, 1.165) is 93.6 Å². The van der Waals surface area contributed by atoms with Crippen molar-refractivity contribution in [2.45, 2.75) is 76.8 Å². The van der Waals surface area contributed by atoms with E-state index in [-0.39, 0.29) is 6.04 Å². The van der Waals surface area contributed by atoms with Gasteiger partial charge in [-0.25, -0.2) is 4.99 Å². The Morgan fingerprint density at radius 1 is 0.971 bits per heavy atom. The second kappa shape index (κ2) is 11.2. The van der Waals surface area contributed by atoms with E-state index in [1.165, 1.54) is 44.9 Å². The number of amides is 1. The minimum atomic E-state index is 0.260. The van der Waals surface area contributed by atoms with Crippen molar-refractivity contribution < 1.29 is 4.79 Å². The maximum absolute atomic E-state index is 12.3. The van der Waals surface area contributed by atoms with Crippen LogP contribution in [0.3, 0.4) is 0 Å². The first-order valence-electron chi connectivity index (χ1n) is 13.8. The molecule has 186 valence electrons. The Kier molecular flexibility index (Phi) is 7.85. The number of aliphatic imine (C=N–C) groups is 1. The van der Waals surface area contributed by atoms with Crippen LogP contribution in [-0.4, -0.2) is 73.4 Å². The topological polar surface area (TPSA) is 51.2 Å². The molecule has 3 saturated heterocycles. The minimum absolute atomic E-state index is 0.260. The van der Waals surface area contributed by atoms with Crippen LogP contribution in [0.1, 0.15) is 64.7 Å². The smallest absolute Gasteiger partial charge is 0.214 e. The average molecular weight is 466 g/mol. The van der Waals surface area contributed by atoms with Crippen LogP contribution in [0.15, 0.2) is 29.3 Å². The molecular weight excluding hydrogens is 422 g/mol. The molecule has 4 aliphatic rings. The van der Waals surface area contributed by atoms with E-state index >= 15 is 0 Å². The SMILES string of the molecule is CC(=Nc1ccccc1N(C=O)C1CCN(C2CCCCCCC2)CC1)N1CC2CNCC2C1. The Bertz CT molecular complexity index is 829. The highest BCUT2D eigenvalue weighted by atomic mass is 16.1. The molecule has 1 aromatic rings. The normalized spacial score (nSPS) is 27.9. The Morgan fingerprint density at radius 2 is 1.62 bits per heavy atom. The van der Waals surface area contributed by atoms with Crippen LogP contribution >= 0.6 is 0 Å². The molecule has 1 saturated carbocycles. The van der Waals surface area contributed by atoms with Gasteiger partial charge in [0.05, 0.1) is 11.4 Å². The molecule has 2 atom stereocenters. The van der Waals surface area contributed by atoms with Crippen molar-refractivity contribution >= 4 is 23.6 Å². The molecular formula is C28H43N5O. The Hall–Kier alpha value is -1.92. The van der Waals surface area contributed by atoms with Gasteiger partial charge in [0.25, 0.3) is 0 Å². The number of carbonyl (C=O) groups is 1.